The fourth-order valence-electron chi connectivity index (χ4n) is 1.97. The summed E-state index contributed by atoms with van der Waals surface area (Å²) in [5.41, 5.74) is 0.567. The molecule has 0 heterocycles. The van der Waals surface area contributed by atoms with E-state index in [0.717, 1.165) is 0 Å². The lowest BCUT2D eigenvalue weighted by atomic mass is 10.2. The number of nitrogens with one attached hydrogen (secondary N) is 1. The summed E-state index contributed by atoms with van der Waals surface area (Å²) in [6.45, 7) is 6.25. The molecule has 0 bridgehead atoms. The summed E-state index contributed by atoms with van der Waals surface area (Å²) in [6.07, 6.45) is 0. The first-order valence-electron chi connectivity index (χ1n) is 6.77. The molecule has 0 aliphatic heterocycles. The molecule has 1 rings (SSSR count). The molecule has 1 aromatic rings. The molecule has 0 aliphatic carbocycles. The molecule has 0 radical (unpaired) electrons. The second kappa shape index (κ2) is 7.42. The van der Waals surface area contributed by atoms with Crippen molar-refractivity contribution in [2.24, 2.45) is 0 Å². The van der Waals surface area contributed by atoms with Gasteiger partial charge in [0.05, 0.1) is 18.6 Å². The van der Waals surface area contributed by atoms with Crippen molar-refractivity contribution in [2.75, 3.05) is 26.7 Å². The standard InChI is InChI=1S/C14H22N2O4S/c1-5-16(6-2)14(17)10-15-21(18,19)13-8-7-12(20-4)9-11(13)3/h7-9,15H,5-6,10H2,1-4H3. The van der Waals surface area contributed by atoms with Crippen LogP contribution >= 0.6 is 0 Å². The lowest BCUT2D eigenvalue weighted by molar-refractivity contribution is -0.129. The fraction of sp³-hybridized carbons (Fsp3) is 0.500. The van der Waals surface area contributed by atoms with Gasteiger partial charge in [-0.2, -0.15) is 0 Å². The van der Waals surface area contributed by atoms with Crippen LogP contribution < -0.4 is 9.46 Å². The number of hydrogen-bond acceptors (Lipinski definition) is 4. The van der Waals surface area contributed by atoms with Crippen molar-refractivity contribution in [1.82, 2.24) is 9.62 Å². The van der Waals surface area contributed by atoms with Gasteiger partial charge in [0, 0.05) is 13.1 Å². The van der Waals surface area contributed by atoms with Gasteiger partial charge >= 0.3 is 0 Å². The molecular weight excluding hydrogens is 292 g/mol. The number of rotatable bonds is 7. The zero-order valence-corrected chi connectivity index (χ0v) is 13.7. The maximum atomic E-state index is 12.2. The Bertz CT molecular complexity index is 595. The van der Waals surface area contributed by atoms with Crippen LogP contribution in [0.1, 0.15) is 19.4 Å². The number of nitrogens with zero attached hydrogens (tertiary/aromatic N) is 1. The molecule has 7 heteroatoms. The van der Waals surface area contributed by atoms with Crippen molar-refractivity contribution in [3.8, 4) is 5.75 Å². The normalized spacial score (nSPS) is 11.2. The van der Waals surface area contributed by atoms with Crippen molar-refractivity contribution in [3.63, 3.8) is 0 Å². The van der Waals surface area contributed by atoms with Crippen molar-refractivity contribution in [1.29, 1.82) is 0 Å². The monoisotopic (exact) mass is 314 g/mol. The Kier molecular flexibility index (Phi) is 6.17. The molecule has 0 unspecified atom stereocenters. The predicted molar refractivity (Wildman–Crippen MR) is 80.8 cm³/mol. The van der Waals surface area contributed by atoms with Crippen LogP contribution in [-0.2, 0) is 14.8 Å². The SMILES string of the molecule is CCN(CC)C(=O)CNS(=O)(=O)c1ccc(OC)cc1C. The number of hydrogen-bond donors (Lipinski definition) is 1. The number of ether oxygens (including phenoxy) is 1. The zero-order valence-electron chi connectivity index (χ0n) is 12.8. The summed E-state index contributed by atoms with van der Waals surface area (Å²) in [5.74, 6) is 0.348. The molecule has 1 N–H and O–H groups in total. The van der Waals surface area contributed by atoms with Crippen LogP contribution in [0.4, 0.5) is 0 Å². The average molecular weight is 314 g/mol. The number of likely N-dealkylation sites (N-methyl/N-ethyl adjacent to an activating group) is 1. The van der Waals surface area contributed by atoms with Crippen LogP contribution in [0.15, 0.2) is 23.1 Å². The Labute approximate surface area is 126 Å². The number of benzene rings is 1. The summed E-state index contributed by atoms with van der Waals surface area (Å²) in [7, 11) is -2.20. The highest BCUT2D eigenvalue weighted by atomic mass is 32.2. The second-order valence-electron chi connectivity index (χ2n) is 4.52. The molecule has 0 spiro atoms. The highest BCUT2D eigenvalue weighted by Gasteiger charge is 2.19. The third kappa shape index (κ3) is 4.44. The van der Waals surface area contributed by atoms with E-state index in [0.29, 0.717) is 24.4 Å². The molecule has 0 saturated carbocycles. The van der Waals surface area contributed by atoms with E-state index < -0.39 is 10.0 Å². The summed E-state index contributed by atoms with van der Waals surface area (Å²) in [6, 6.07) is 4.69. The van der Waals surface area contributed by atoms with Gasteiger partial charge in [0.15, 0.2) is 0 Å². The third-order valence-corrected chi connectivity index (χ3v) is 4.76. The van der Waals surface area contributed by atoms with Gasteiger partial charge in [0.2, 0.25) is 15.9 Å². The molecule has 0 saturated heterocycles. The molecule has 1 aromatic carbocycles. The smallest absolute Gasteiger partial charge is 0.241 e. The minimum Gasteiger partial charge on any atom is -0.497 e. The molecule has 0 atom stereocenters. The van der Waals surface area contributed by atoms with Gasteiger partial charge in [-0.1, -0.05) is 0 Å². The fourth-order valence-corrected chi connectivity index (χ4v) is 3.17. The number of carbonyl (C=O) groups is 1. The molecule has 0 aromatic heterocycles. The molecule has 0 aliphatic rings. The lowest BCUT2D eigenvalue weighted by Crippen LogP contribution is -2.40. The molecule has 6 nitrogen and oxygen atoms in total. The molecular formula is C14H22N2O4S. The van der Waals surface area contributed by atoms with E-state index in [1.807, 2.05) is 13.8 Å². The quantitative estimate of drug-likeness (QED) is 0.819. The van der Waals surface area contributed by atoms with Gasteiger partial charge in [0.25, 0.3) is 0 Å². The molecule has 0 fully saturated rings. The number of carbonyl (C=O) groups excluding carboxylic acids is 1. The largest absolute Gasteiger partial charge is 0.497 e. The zero-order chi connectivity index (χ0) is 16.0. The lowest BCUT2D eigenvalue weighted by Gasteiger charge is -2.19. The Hall–Kier alpha value is -1.60. The summed E-state index contributed by atoms with van der Waals surface area (Å²) >= 11 is 0. The van der Waals surface area contributed by atoms with E-state index in [4.69, 9.17) is 4.74 Å². The first-order valence-corrected chi connectivity index (χ1v) is 8.26. The minimum absolute atomic E-state index is 0.149. The number of sulfonamides is 1. The molecule has 118 valence electrons. The van der Waals surface area contributed by atoms with Crippen LogP contribution in [0.25, 0.3) is 0 Å². The Morgan fingerprint density at radius 1 is 1.29 bits per heavy atom. The van der Waals surface area contributed by atoms with Gasteiger partial charge in [-0.05, 0) is 44.5 Å². The van der Waals surface area contributed by atoms with Gasteiger partial charge in [-0.25, -0.2) is 13.1 Å². The Balaban J connectivity index is 2.85. The average Bonchev–Trinajstić information content (AvgIpc) is 2.46. The number of methoxy groups -OCH3 is 1. The van der Waals surface area contributed by atoms with Crippen molar-refractivity contribution >= 4 is 15.9 Å². The van der Waals surface area contributed by atoms with Gasteiger partial charge in [-0.3, -0.25) is 4.79 Å². The Morgan fingerprint density at radius 2 is 1.90 bits per heavy atom. The topological polar surface area (TPSA) is 75.7 Å². The van der Waals surface area contributed by atoms with Crippen molar-refractivity contribution in [2.45, 2.75) is 25.7 Å². The second-order valence-corrected chi connectivity index (χ2v) is 6.26. The van der Waals surface area contributed by atoms with Gasteiger partial charge in [0.1, 0.15) is 5.75 Å². The Morgan fingerprint density at radius 3 is 2.38 bits per heavy atom. The van der Waals surface area contributed by atoms with Crippen LogP contribution in [0, 0.1) is 6.92 Å². The summed E-state index contributed by atoms with van der Waals surface area (Å²) in [5, 5.41) is 0. The predicted octanol–water partition coefficient (Wildman–Crippen LogP) is 1.15. The molecule has 21 heavy (non-hydrogen) atoms. The van der Waals surface area contributed by atoms with Crippen LogP contribution in [0.2, 0.25) is 0 Å². The minimum atomic E-state index is -3.71. The third-order valence-electron chi connectivity index (χ3n) is 3.20. The van der Waals surface area contributed by atoms with Gasteiger partial charge in [-0.15, -0.1) is 0 Å². The van der Waals surface area contributed by atoms with E-state index in [9.17, 15) is 13.2 Å². The van der Waals surface area contributed by atoms with Crippen LogP contribution in [0.5, 0.6) is 5.75 Å². The first-order chi connectivity index (χ1) is 9.85. The highest BCUT2D eigenvalue weighted by molar-refractivity contribution is 7.89. The van der Waals surface area contributed by atoms with Gasteiger partial charge < -0.3 is 9.64 Å². The summed E-state index contributed by atoms with van der Waals surface area (Å²) < 4.78 is 31.9. The first kappa shape index (κ1) is 17.5. The van der Waals surface area contributed by atoms with E-state index in [1.54, 1.807) is 24.0 Å². The number of aryl methyl sites for hydroxylation is 1. The maximum Gasteiger partial charge on any atom is 0.241 e. The van der Waals surface area contributed by atoms with Crippen LogP contribution in [0.3, 0.4) is 0 Å². The van der Waals surface area contributed by atoms with Crippen LogP contribution in [-0.4, -0.2) is 46.0 Å². The molecule has 1 amide bonds. The van der Waals surface area contributed by atoms with E-state index in [-0.39, 0.29) is 17.3 Å². The van der Waals surface area contributed by atoms with Crippen molar-refractivity contribution in [3.05, 3.63) is 23.8 Å². The summed E-state index contributed by atoms with van der Waals surface area (Å²) in [4.78, 5) is 13.6. The van der Waals surface area contributed by atoms with Crippen molar-refractivity contribution < 1.29 is 17.9 Å². The maximum absolute atomic E-state index is 12.2. The number of amides is 1. The van der Waals surface area contributed by atoms with E-state index in [1.165, 1.54) is 13.2 Å². The highest BCUT2D eigenvalue weighted by Crippen LogP contribution is 2.20. The van der Waals surface area contributed by atoms with E-state index in [2.05, 4.69) is 4.72 Å². The van der Waals surface area contributed by atoms with E-state index >= 15 is 0 Å².